The Morgan fingerprint density at radius 3 is 3.11 bits per heavy atom. The molecule has 2 rings (SSSR count). The number of aromatic nitrogens is 2. The summed E-state index contributed by atoms with van der Waals surface area (Å²) in [5.74, 6) is 0.611. The Kier molecular flexibility index (Phi) is 4.29. The molecule has 100 valence electrons. The number of nitrogens with two attached hydrogens (primary N) is 1. The lowest BCUT2D eigenvalue weighted by Gasteiger charge is -2.28. The van der Waals surface area contributed by atoms with Gasteiger partial charge in [-0.05, 0) is 0 Å². The van der Waals surface area contributed by atoms with Crippen LogP contribution in [0.5, 0.6) is 0 Å². The molecule has 1 aliphatic rings. The zero-order chi connectivity index (χ0) is 13.0. The number of hydrogen-bond acceptors (Lipinski definition) is 5. The maximum atomic E-state index is 11.8. The normalized spacial score (nSPS) is 17.2. The van der Waals surface area contributed by atoms with Gasteiger partial charge in [0.1, 0.15) is 5.82 Å². The fourth-order valence-corrected chi connectivity index (χ4v) is 1.81. The molecule has 1 fully saturated rings. The molecule has 18 heavy (non-hydrogen) atoms. The van der Waals surface area contributed by atoms with Gasteiger partial charge in [0.15, 0.2) is 0 Å². The summed E-state index contributed by atoms with van der Waals surface area (Å²) >= 11 is 0. The predicted molar refractivity (Wildman–Crippen MR) is 67.2 cm³/mol. The van der Waals surface area contributed by atoms with Crippen LogP contribution in [0.25, 0.3) is 0 Å². The third-order valence-electron chi connectivity index (χ3n) is 3.05. The Morgan fingerprint density at radius 2 is 2.56 bits per heavy atom. The van der Waals surface area contributed by atoms with Gasteiger partial charge in [-0.1, -0.05) is 0 Å². The molecule has 0 radical (unpaired) electrons. The summed E-state index contributed by atoms with van der Waals surface area (Å²) in [6.07, 6.45) is 1.69. The van der Waals surface area contributed by atoms with Gasteiger partial charge in [0.25, 0.3) is 0 Å². The van der Waals surface area contributed by atoms with Crippen LogP contribution in [0.4, 0.5) is 5.82 Å². The smallest absolute Gasteiger partial charge is 0.228 e. The first-order chi connectivity index (χ1) is 8.74. The van der Waals surface area contributed by atoms with Gasteiger partial charge in [-0.2, -0.15) is 5.10 Å². The van der Waals surface area contributed by atoms with Crippen LogP contribution in [0.3, 0.4) is 0 Å². The van der Waals surface area contributed by atoms with Crippen molar-refractivity contribution in [1.82, 2.24) is 15.1 Å². The van der Waals surface area contributed by atoms with E-state index >= 15 is 0 Å². The summed E-state index contributed by atoms with van der Waals surface area (Å²) in [7, 11) is 1.55. The highest BCUT2D eigenvalue weighted by Gasteiger charge is 2.22. The van der Waals surface area contributed by atoms with Gasteiger partial charge in [-0.25, -0.2) is 4.68 Å². The number of nitrogens with zero attached hydrogens (tertiary/aromatic N) is 2. The lowest BCUT2D eigenvalue weighted by atomic mass is 10.2. The molecule has 1 aromatic heterocycles. The highest BCUT2D eigenvalue weighted by molar-refractivity contribution is 5.90. The molecule has 4 N–H and O–H groups in total. The highest BCUT2D eigenvalue weighted by Crippen LogP contribution is 2.17. The minimum atomic E-state index is -0.244. The molecule has 2 heterocycles. The zero-order valence-corrected chi connectivity index (χ0v) is 10.4. The zero-order valence-electron chi connectivity index (χ0n) is 10.4. The fraction of sp³-hybridized carbons (Fsp3) is 0.636. The van der Waals surface area contributed by atoms with Crippen molar-refractivity contribution in [3.63, 3.8) is 0 Å². The molecule has 0 saturated carbocycles. The van der Waals surface area contributed by atoms with Crippen molar-refractivity contribution >= 4 is 11.7 Å². The molecule has 0 bridgehead atoms. The van der Waals surface area contributed by atoms with E-state index in [0.29, 0.717) is 12.6 Å². The van der Waals surface area contributed by atoms with E-state index in [1.807, 2.05) is 4.68 Å². The largest absolute Gasteiger partial charge is 0.380 e. The maximum Gasteiger partial charge on any atom is 0.228 e. The minimum absolute atomic E-state index is 0.110. The van der Waals surface area contributed by atoms with Gasteiger partial charge in [-0.15, -0.1) is 0 Å². The van der Waals surface area contributed by atoms with E-state index in [4.69, 9.17) is 10.5 Å². The first-order valence-electron chi connectivity index (χ1n) is 6.01. The highest BCUT2D eigenvalue weighted by atomic mass is 16.5. The second-order valence-electron chi connectivity index (χ2n) is 4.32. The molecule has 0 spiro atoms. The van der Waals surface area contributed by atoms with Crippen molar-refractivity contribution in [2.75, 3.05) is 32.1 Å². The number of methoxy groups -OCH3 is 1. The quantitative estimate of drug-likeness (QED) is 0.625. The summed E-state index contributed by atoms with van der Waals surface area (Å²) < 4.78 is 6.91. The Balaban J connectivity index is 1.92. The molecule has 1 aromatic rings. The lowest BCUT2D eigenvalue weighted by Crippen LogP contribution is -2.44. The van der Waals surface area contributed by atoms with Crippen LogP contribution in [0.2, 0.25) is 0 Å². The van der Waals surface area contributed by atoms with E-state index in [0.717, 1.165) is 18.9 Å². The third kappa shape index (κ3) is 2.87. The second-order valence-corrected chi connectivity index (χ2v) is 4.32. The summed E-state index contributed by atoms with van der Waals surface area (Å²) in [4.78, 5) is 11.8. The number of carbonyl (C=O) groups excluding carboxylic acids is 1. The van der Waals surface area contributed by atoms with Gasteiger partial charge in [0.05, 0.1) is 24.8 Å². The molecular formula is C11H19N5O2. The minimum Gasteiger partial charge on any atom is -0.380 e. The Morgan fingerprint density at radius 1 is 1.78 bits per heavy atom. The summed E-state index contributed by atoms with van der Waals surface area (Å²) in [5, 5.41) is 10.2. The summed E-state index contributed by atoms with van der Waals surface area (Å²) in [6.45, 7) is 2.10. The standard InChI is InChI=1S/C11H19N5O2/c1-18-9(5-12)4-11(17)15-10-2-3-14-16(10)8-6-13-7-8/h2-3,8-9,13H,4-7,12H2,1H3,(H,15,17). The summed E-state index contributed by atoms with van der Waals surface area (Å²) in [6, 6.07) is 2.11. The van der Waals surface area contributed by atoms with Gasteiger partial charge < -0.3 is 21.1 Å². The van der Waals surface area contributed by atoms with Crippen molar-refractivity contribution in [3.05, 3.63) is 12.3 Å². The molecule has 7 nitrogen and oxygen atoms in total. The van der Waals surface area contributed by atoms with Gasteiger partial charge in [0, 0.05) is 32.8 Å². The summed E-state index contributed by atoms with van der Waals surface area (Å²) in [5.41, 5.74) is 5.48. The van der Waals surface area contributed by atoms with E-state index in [9.17, 15) is 4.79 Å². The van der Waals surface area contributed by atoms with Crippen molar-refractivity contribution in [1.29, 1.82) is 0 Å². The van der Waals surface area contributed by atoms with Crippen LogP contribution in [-0.4, -0.2) is 48.5 Å². The lowest BCUT2D eigenvalue weighted by molar-refractivity contribution is -0.118. The molecule has 0 aliphatic carbocycles. The van der Waals surface area contributed by atoms with Crippen LogP contribution in [0, 0.1) is 0 Å². The van der Waals surface area contributed by atoms with Crippen molar-refractivity contribution in [2.24, 2.45) is 5.73 Å². The SMILES string of the molecule is COC(CN)CC(=O)Nc1ccnn1C1CNC1. The van der Waals surface area contributed by atoms with Crippen LogP contribution >= 0.6 is 0 Å². The number of amides is 1. The van der Waals surface area contributed by atoms with Crippen LogP contribution in [-0.2, 0) is 9.53 Å². The van der Waals surface area contributed by atoms with E-state index in [1.54, 1.807) is 19.4 Å². The molecule has 1 atom stereocenters. The fourth-order valence-electron chi connectivity index (χ4n) is 1.81. The van der Waals surface area contributed by atoms with E-state index < -0.39 is 0 Å². The van der Waals surface area contributed by atoms with Crippen molar-refractivity contribution in [2.45, 2.75) is 18.6 Å². The first kappa shape index (κ1) is 13.0. The van der Waals surface area contributed by atoms with E-state index in [2.05, 4.69) is 15.7 Å². The second kappa shape index (κ2) is 5.94. The van der Waals surface area contributed by atoms with Gasteiger partial charge in [0.2, 0.25) is 5.91 Å². The van der Waals surface area contributed by atoms with Gasteiger partial charge >= 0.3 is 0 Å². The molecule has 1 saturated heterocycles. The van der Waals surface area contributed by atoms with Crippen LogP contribution in [0.15, 0.2) is 12.3 Å². The van der Waals surface area contributed by atoms with Crippen LogP contribution < -0.4 is 16.4 Å². The average Bonchev–Trinajstić information content (AvgIpc) is 2.72. The molecule has 1 aliphatic heterocycles. The number of anilines is 1. The molecule has 7 heteroatoms. The van der Waals surface area contributed by atoms with Crippen LogP contribution in [0.1, 0.15) is 12.5 Å². The maximum absolute atomic E-state index is 11.8. The number of hydrogen-bond donors (Lipinski definition) is 3. The average molecular weight is 253 g/mol. The molecule has 1 unspecified atom stereocenters. The Labute approximate surface area is 106 Å². The van der Waals surface area contributed by atoms with Gasteiger partial charge in [-0.3, -0.25) is 4.79 Å². The molecule has 0 aromatic carbocycles. The number of ether oxygens (including phenoxy) is 1. The predicted octanol–water partition coefficient (Wildman–Crippen LogP) is -0.670. The van der Waals surface area contributed by atoms with Crippen molar-refractivity contribution in [3.8, 4) is 0 Å². The Bertz CT molecular complexity index is 398. The number of carbonyl (C=O) groups is 1. The number of rotatable bonds is 6. The topological polar surface area (TPSA) is 94.2 Å². The first-order valence-corrected chi connectivity index (χ1v) is 6.01. The number of nitrogens with one attached hydrogen (secondary N) is 2. The Hall–Kier alpha value is -1.44. The van der Waals surface area contributed by atoms with E-state index in [1.165, 1.54) is 0 Å². The third-order valence-corrected chi connectivity index (χ3v) is 3.05. The molecular weight excluding hydrogens is 234 g/mol. The monoisotopic (exact) mass is 253 g/mol. The molecule has 1 amide bonds. The van der Waals surface area contributed by atoms with Crippen molar-refractivity contribution < 1.29 is 9.53 Å². The van der Waals surface area contributed by atoms with E-state index in [-0.39, 0.29) is 18.4 Å².